The molecule has 2 aromatic heterocycles. The second kappa shape index (κ2) is 7.30. The van der Waals surface area contributed by atoms with Crippen molar-refractivity contribution >= 4 is 11.5 Å². The van der Waals surface area contributed by atoms with Crippen molar-refractivity contribution in [2.45, 2.75) is 58.2 Å². The zero-order chi connectivity index (χ0) is 22.7. The highest BCUT2D eigenvalue weighted by Gasteiger charge is 2.38. The van der Waals surface area contributed by atoms with E-state index in [2.05, 4.69) is 29.8 Å². The number of halogens is 2. The van der Waals surface area contributed by atoms with Crippen LogP contribution < -0.4 is 27.0 Å². The minimum Gasteiger partial charge on any atom is -0.356 e. The molecule has 2 aromatic rings. The number of nitrogens with one attached hydrogen (secondary N) is 2. The third-order valence-corrected chi connectivity index (χ3v) is 6.56. The Labute approximate surface area is 180 Å². The summed E-state index contributed by atoms with van der Waals surface area (Å²) in [6, 6.07) is 1.85. The molecular formula is C21H31F2N7O. The van der Waals surface area contributed by atoms with Crippen molar-refractivity contribution in [2.24, 2.45) is 18.7 Å². The number of pyridine rings is 1. The largest absolute Gasteiger partial charge is 0.356 e. The molecule has 31 heavy (non-hydrogen) atoms. The van der Waals surface area contributed by atoms with Gasteiger partial charge in [0.1, 0.15) is 11.5 Å². The number of hydrazine groups is 1. The first-order chi connectivity index (χ1) is 14.4. The van der Waals surface area contributed by atoms with Gasteiger partial charge in [0.15, 0.2) is 0 Å². The molecular weight excluding hydrogens is 404 g/mol. The molecule has 0 radical (unpaired) electrons. The topological polar surface area (TPSA) is 93.1 Å². The van der Waals surface area contributed by atoms with Crippen LogP contribution in [0.1, 0.15) is 52.1 Å². The molecule has 1 fully saturated rings. The minimum absolute atomic E-state index is 0.0412. The van der Waals surface area contributed by atoms with Gasteiger partial charge in [-0.3, -0.25) is 9.48 Å². The predicted molar refractivity (Wildman–Crippen MR) is 117 cm³/mol. The Balaban J connectivity index is 1.81. The molecule has 2 aliphatic rings. The van der Waals surface area contributed by atoms with Crippen LogP contribution in [0.5, 0.6) is 0 Å². The third kappa shape index (κ3) is 3.71. The molecule has 170 valence electrons. The summed E-state index contributed by atoms with van der Waals surface area (Å²) in [5.74, 6) is -1.60. The van der Waals surface area contributed by atoms with Gasteiger partial charge in [-0.2, -0.15) is 5.10 Å². The molecule has 4 N–H and O–H groups in total. The molecule has 0 saturated carbocycles. The van der Waals surface area contributed by atoms with Crippen molar-refractivity contribution in [3.63, 3.8) is 0 Å². The molecule has 0 aliphatic carbocycles. The number of hydrogen-bond acceptors (Lipinski definition) is 6. The molecule has 2 atom stereocenters. The summed E-state index contributed by atoms with van der Waals surface area (Å²) < 4.78 is 30.6. The zero-order valence-corrected chi connectivity index (χ0v) is 18.7. The molecule has 0 bridgehead atoms. The van der Waals surface area contributed by atoms with Gasteiger partial charge in [-0.25, -0.2) is 14.2 Å². The number of fused-ring (bicyclic) bond motifs is 1. The molecule has 8 nitrogen and oxygen atoms in total. The van der Waals surface area contributed by atoms with E-state index in [-0.39, 0.29) is 43.5 Å². The SMILES string of the molecule is CC(C)[C@H](C)n1cc(-c2cc(N3CCC(F)(F)CC3)n(C)n2)c2c(c1=O)C(C)(N)NN2. The van der Waals surface area contributed by atoms with E-state index in [1.807, 2.05) is 24.1 Å². The van der Waals surface area contributed by atoms with Gasteiger partial charge < -0.3 is 20.6 Å². The van der Waals surface area contributed by atoms with Gasteiger partial charge in [0.05, 0.1) is 16.9 Å². The summed E-state index contributed by atoms with van der Waals surface area (Å²) in [5, 5.41) is 4.66. The second-order valence-corrected chi connectivity index (χ2v) is 9.30. The van der Waals surface area contributed by atoms with Crippen molar-refractivity contribution in [2.75, 3.05) is 23.4 Å². The maximum absolute atomic E-state index is 13.6. The molecule has 2 aliphatic heterocycles. The molecule has 4 rings (SSSR count). The van der Waals surface area contributed by atoms with E-state index in [1.165, 1.54) is 0 Å². The smallest absolute Gasteiger partial charge is 0.259 e. The summed E-state index contributed by atoms with van der Waals surface area (Å²) in [5.41, 5.74) is 13.7. The average molecular weight is 436 g/mol. The number of aryl methyl sites for hydroxylation is 1. The van der Waals surface area contributed by atoms with Crippen molar-refractivity contribution in [3.05, 3.63) is 28.2 Å². The highest BCUT2D eigenvalue weighted by molar-refractivity contribution is 5.80. The monoisotopic (exact) mass is 435 g/mol. The van der Waals surface area contributed by atoms with Crippen LogP contribution in [-0.4, -0.2) is 33.4 Å². The van der Waals surface area contributed by atoms with Crippen molar-refractivity contribution in [1.29, 1.82) is 0 Å². The Morgan fingerprint density at radius 3 is 2.48 bits per heavy atom. The Bertz CT molecular complexity index is 1050. The van der Waals surface area contributed by atoms with Crippen molar-refractivity contribution < 1.29 is 8.78 Å². The molecule has 0 amide bonds. The van der Waals surface area contributed by atoms with Gasteiger partial charge in [0.25, 0.3) is 11.5 Å². The van der Waals surface area contributed by atoms with Crippen LogP contribution in [0.4, 0.5) is 20.3 Å². The van der Waals surface area contributed by atoms with E-state index in [0.717, 1.165) is 11.4 Å². The van der Waals surface area contributed by atoms with Crippen LogP contribution in [0.25, 0.3) is 11.3 Å². The maximum atomic E-state index is 13.6. The Hall–Kier alpha value is -2.46. The maximum Gasteiger partial charge on any atom is 0.259 e. The van der Waals surface area contributed by atoms with E-state index in [9.17, 15) is 13.6 Å². The van der Waals surface area contributed by atoms with Gasteiger partial charge in [-0.1, -0.05) is 13.8 Å². The van der Waals surface area contributed by atoms with Crippen LogP contribution in [0.3, 0.4) is 0 Å². The highest BCUT2D eigenvalue weighted by atomic mass is 19.3. The highest BCUT2D eigenvalue weighted by Crippen LogP contribution is 2.38. The number of nitrogens with two attached hydrogens (primary N) is 1. The number of anilines is 2. The number of aromatic nitrogens is 3. The molecule has 0 aromatic carbocycles. The van der Waals surface area contributed by atoms with Crippen LogP contribution in [0.15, 0.2) is 17.1 Å². The Kier molecular flexibility index (Phi) is 5.13. The lowest BCUT2D eigenvalue weighted by molar-refractivity contribution is -0.0222. The van der Waals surface area contributed by atoms with Crippen LogP contribution in [0.2, 0.25) is 0 Å². The Morgan fingerprint density at radius 2 is 1.87 bits per heavy atom. The minimum atomic E-state index is -2.61. The van der Waals surface area contributed by atoms with Gasteiger partial charge >= 0.3 is 0 Å². The fourth-order valence-corrected chi connectivity index (χ4v) is 4.27. The average Bonchev–Trinajstić information content (AvgIpc) is 3.22. The lowest BCUT2D eigenvalue weighted by Crippen LogP contribution is -2.48. The van der Waals surface area contributed by atoms with Crippen LogP contribution in [0, 0.1) is 5.92 Å². The third-order valence-electron chi connectivity index (χ3n) is 6.56. The summed E-state index contributed by atoms with van der Waals surface area (Å²) >= 11 is 0. The van der Waals surface area contributed by atoms with Crippen molar-refractivity contribution in [1.82, 2.24) is 19.8 Å². The summed E-state index contributed by atoms with van der Waals surface area (Å²) in [4.78, 5) is 15.2. The first-order valence-corrected chi connectivity index (χ1v) is 10.7. The van der Waals surface area contributed by atoms with Gasteiger partial charge in [-0.05, 0) is 19.8 Å². The lowest BCUT2D eigenvalue weighted by atomic mass is 9.98. The van der Waals surface area contributed by atoms with E-state index >= 15 is 0 Å². The van der Waals surface area contributed by atoms with Gasteiger partial charge in [0, 0.05) is 56.8 Å². The van der Waals surface area contributed by atoms with E-state index < -0.39 is 11.6 Å². The van der Waals surface area contributed by atoms with E-state index in [0.29, 0.717) is 16.9 Å². The van der Waals surface area contributed by atoms with Crippen LogP contribution in [-0.2, 0) is 12.7 Å². The van der Waals surface area contributed by atoms with Gasteiger partial charge in [-0.15, -0.1) is 0 Å². The van der Waals surface area contributed by atoms with E-state index in [4.69, 9.17) is 5.73 Å². The number of alkyl halides is 2. The van der Waals surface area contributed by atoms with Crippen LogP contribution >= 0.6 is 0 Å². The molecule has 0 spiro atoms. The summed E-state index contributed by atoms with van der Waals surface area (Å²) in [6.45, 7) is 8.42. The number of rotatable bonds is 4. The fraction of sp³-hybridized carbons (Fsp3) is 0.619. The summed E-state index contributed by atoms with van der Waals surface area (Å²) in [7, 11) is 1.80. The molecule has 1 unspecified atom stereocenters. The number of piperidine rings is 1. The normalized spacial score (nSPS) is 23.7. The second-order valence-electron chi connectivity index (χ2n) is 9.30. The standard InChI is InChI=1S/C21H31F2N7O/c1-12(2)13(3)30-11-14(18-17(19(30)31)20(4,24)27-25-18)15-10-16(28(5)26-15)29-8-6-21(22,23)7-9-29/h10-13,25,27H,6-9,24H2,1-5H3/t13-,20?/m0/s1. The van der Waals surface area contributed by atoms with E-state index in [1.54, 1.807) is 23.2 Å². The van der Waals surface area contributed by atoms with Crippen molar-refractivity contribution in [3.8, 4) is 11.3 Å². The first-order valence-electron chi connectivity index (χ1n) is 10.7. The molecule has 10 heteroatoms. The molecule has 1 saturated heterocycles. The molecule has 4 heterocycles. The quantitative estimate of drug-likeness (QED) is 0.684. The Morgan fingerprint density at radius 1 is 1.23 bits per heavy atom. The number of hydrogen-bond donors (Lipinski definition) is 3. The first kappa shape index (κ1) is 21.8. The lowest BCUT2D eigenvalue weighted by Gasteiger charge is -2.32. The zero-order valence-electron chi connectivity index (χ0n) is 18.7. The summed E-state index contributed by atoms with van der Waals surface area (Å²) in [6.07, 6.45) is 1.48. The van der Waals surface area contributed by atoms with Gasteiger partial charge in [0.2, 0.25) is 0 Å². The predicted octanol–water partition coefficient (Wildman–Crippen LogP) is 2.76. The number of nitrogens with zero attached hydrogens (tertiary/aromatic N) is 4. The fourth-order valence-electron chi connectivity index (χ4n) is 4.27.